The summed E-state index contributed by atoms with van der Waals surface area (Å²) in [6.45, 7) is 0. The summed E-state index contributed by atoms with van der Waals surface area (Å²) in [5.74, 6) is -0.0300. The number of benzene rings is 3. The number of nitrogens with zero attached hydrogens (tertiary/aromatic N) is 1. The van der Waals surface area contributed by atoms with E-state index in [1.807, 2.05) is 60.7 Å². The average Bonchev–Trinajstić information content (AvgIpc) is 3.14. The van der Waals surface area contributed by atoms with Crippen LogP contribution in [0.2, 0.25) is 0 Å². The third-order valence-corrected chi connectivity index (χ3v) is 6.44. The van der Waals surface area contributed by atoms with E-state index < -0.39 is 5.97 Å². The number of methoxy groups -OCH3 is 1. The van der Waals surface area contributed by atoms with Gasteiger partial charge in [0.2, 0.25) is 0 Å². The molecule has 0 radical (unpaired) electrons. The predicted octanol–water partition coefficient (Wildman–Crippen LogP) is 5.77. The number of fused-ring (bicyclic) bond motifs is 2. The number of carbonyl (C=O) groups is 1. The van der Waals surface area contributed by atoms with Gasteiger partial charge in [-0.3, -0.25) is 4.79 Å². The number of carboxylic acid groups (broad SMARTS) is 1. The molecule has 0 saturated heterocycles. The molecule has 4 nitrogen and oxygen atoms in total. The van der Waals surface area contributed by atoms with E-state index in [-0.39, 0.29) is 5.75 Å². The molecule has 0 aliphatic heterocycles. The molecule has 0 amide bonds. The fraction of sp³-hybridized carbons (Fsp3) is 0.0909. The van der Waals surface area contributed by atoms with Crippen LogP contribution >= 0.6 is 23.1 Å². The van der Waals surface area contributed by atoms with Gasteiger partial charge in [-0.25, -0.2) is 4.98 Å². The normalized spacial score (nSPS) is 11.8. The molecule has 0 spiro atoms. The van der Waals surface area contributed by atoms with Crippen molar-refractivity contribution in [2.75, 3.05) is 12.9 Å². The lowest BCUT2D eigenvalue weighted by molar-refractivity contribution is -0.133. The number of thioether (sulfide) groups is 1. The van der Waals surface area contributed by atoms with Gasteiger partial charge in [0.1, 0.15) is 10.8 Å². The SMILES string of the molecule is COc1ccc2cc(/C=C(\SCC(=O)O)c3nc4ccccc4s3)ccc2c1. The summed E-state index contributed by atoms with van der Waals surface area (Å²) in [6.07, 6.45) is 2.01. The maximum Gasteiger partial charge on any atom is 0.313 e. The van der Waals surface area contributed by atoms with Crippen LogP contribution in [-0.2, 0) is 4.79 Å². The van der Waals surface area contributed by atoms with Crippen molar-refractivity contribution in [1.29, 1.82) is 0 Å². The van der Waals surface area contributed by atoms with E-state index in [0.717, 1.165) is 42.2 Å². The first-order chi connectivity index (χ1) is 13.6. The van der Waals surface area contributed by atoms with E-state index >= 15 is 0 Å². The number of para-hydroxylation sites is 1. The third kappa shape index (κ3) is 4.03. The summed E-state index contributed by atoms with van der Waals surface area (Å²) in [7, 11) is 1.65. The molecular formula is C22H17NO3S2. The Balaban J connectivity index is 1.75. The van der Waals surface area contributed by atoms with Crippen LogP contribution in [0, 0.1) is 0 Å². The van der Waals surface area contributed by atoms with E-state index in [2.05, 4.69) is 6.07 Å². The van der Waals surface area contributed by atoms with E-state index in [0.29, 0.717) is 0 Å². The van der Waals surface area contributed by atoms with Crippen LogP contribution in [0.15, 0.2) is 60.7 Å². The quantitative estimate of drug-likeness (QED) is 0.439. The molecule has 1 heterocycles. The molecule has 140 valence electrons. The molecule has 4 aromatic rings. The van der Waals surface area contributed by atoms with Gasteiger partial charge in [0.25, 0.3) is 0 Å². The zero-order valence-corrected chi connectivity index (χ0v) is 16.7. The molecule has 4 rings (SSSR count). The molecule has 28 heavy (non-hydrogen) atoms. The summed E-state index contributed by atoms with van der Waals surface area (Å²) in [5.41, 5.74) is 1.93. The number of hydrogen-bond acceptors (Lipinski definition) is 5. The van der Waals surface area contributed by atoms with Crippen LogP contribution < -0.4 is 4.74 Å². The van der Waals surface area contributed by atoms with Crippen molar-refractivity contribution >= 4 is 61.0 Å². The van der Waals surface area contributed by atoms with Gasteiger partial charge in [-0.15, -0.1) is 23.1 Å². The second-order valence-electron chi connectivity index (χ2n) is 6.15. The molecule has 1 aromatic heterocycles. The number of hydrogen-bond donors (Lipinski definition) is 1. The lowest BCUT2D eigenvalue weighted by Gasteiger charge is -2.06. The minimum absolute atomic E-state index is 0.00740. The second kappa shape index (κ2) is 8.04. The Morgan fingerprint density at radius 2 is 1.93 bits per heavy atom. The van der Waals surface area contributed by atoms with Gasteiger partial charge in [-0.05, 0) is 52.7 Å². The van der Waals surface area contributed by atoms with Gasteiger partial charge in [0, 0.05) is 4.91 Å². The highest BCUT2D eigenvalue weighted by atomic mass is 32.2. The standard InChI is InChI=1S/C22H17NO3S2/c1-26-17-9-8-15-10-14(6-7-16(15)12-17)11-20(27-13-21(24)25)22-23-18-4-2-3-5-19(18)28-22/h2-12H,13H2,1H3,(H,24,25)/b20-11-. The lowest BCUT2D eigenvalue weighted by Crippen LogP contribution is -1.98. The van der Waals surface area contributed by atoms with E-state index in [9.17, 15) is 4.79 Å². The Morgan fingerprint density at radius 3 is 2.71 bits per heavy atom. The fourth-order valence-corrected chi connectivity index (χ4v) is 4.74. The summed E-state index contributed by atoms with van der Waals surface area (Å²) in [6, 6.07) is 20.0. The number of ether oxygens (including phenoxy) is 1. The molecule has 0 bridgehead atoms. The first kappa shape index (κ1) is 18.5. The van der Waals surface area contributed by atoms with E-state index in [1.54, 1.807) is 18.4 Å². The van der Waals surface area contributed by atoms with Crippen molar-refractivity contribution in [1.82, 2.24) is 4.98 Å². The lowest BCUT2D eigenvalue weighted by atomic mass is 10.1. The van der Waals surface area contributed by atoms with Crippen LogP contribution in [0.25, 0.3) is 32.0 Å². The summed E-state index contributed by atoms with van der Waals surface area (Å²) in [4.78, 5) is 16.7. The van der Waals surface area contributed by atoms with Crippen molar-refractivity contribution in [3.05, 3.63) is 71.2 Å². The highest BCUT2D eigenvalue weighted by Crippen LogP contribution is 2.35. The topological polar surface area (TPSA) is 59.4 Å². The van der Waals surface area contributed by atoms with Crippen molar-refractivity contribution < 1.29 is 14.6 Å². The molecule has 1 N–H and O–H groups in total. The Bertz CT molecular complexity index is 1160. The van der Waals surface area contributed by atoms with E-state index in [1.165, 1.54) is 11.8 Å². The zero-order valence-electron chi connectivity index (χ0n) is 15.1. The predicted molar refractivity (Wildman–Crippen MR) is 118 cm³/mol. The van der Waals surface area contributed by atoms with Gasteiger partial charge in [-0.1, -0.05) is 30.3 Å². The average molecular weight is 408 g/mol. The Kier molecular flexibility index (Phi) is 5.32. The highest BCUT2D eigenvalue weighted by molar-refractivity contribution is 8.09. The van der Waals surface area contributed by atoms with Gasteiger partial charge in [0.15, 0.2) is 0 Å². The third-order valence-electron chi connectivity index (χ3n) is 4.23. The molecule has 0 saturated carbocycles. The molecule has 0 aliphatic rings. The Hall–Kier alpha value is -2.83. The summed E-state index contributed by atoms with van der Waals surface area (Å²) in [5, 5.41) is 12.2. The van der Waals surface area contributed by atoms with Crippen LogP contribution in [0.4, 0.5) is 0 Å². The van der Waals surface area contributed by atoms with Crippen LogP contribution in [0.3, 0.4) is 0 Å². The maximum atomic E-state index is 11.1. The summed E-state index contributed by atoms with van der Waals surface area (Å²) < 4.78 is 6.37. The molecular weight excluding hydrogens is 390 g/mol. The van der Waals surface area contributed by atoms with Gasteiger partial charge >= 0.3 is 5.97 Å². The van der Waals surface area contributed by atoms with Gasteiger partial charge in [0.05, 0.1) is 23.1 Å². The van der Waals surface area contributed by atoms with Crippen molar-refractivity contribution in [2.24, 2.45) is 0 Å². The van der Waals surface area contributed by atoms with Gasteiger partial charge < -0.3 is 9.84 Å². The number of carboxylic acids is 1. The zero-order chi connectivity index (χ0) is 19.5. The highest BCUT2D eigenvalue weighted by Gasteiger charge is 2.12. The van der Waals surface area contributed by atoms with E-state index in [4.69, 9.17) is 14.8 Å². The number of aromatic nitrogens is 1. The minimum Gasteiger partial charge on any atom is -0.497 e. The molecule has 0 unspecified atom stereocenters. The monoisotopic (exact) mass is 407 g/mol. The molecule has 0 aliphatic carbocycles. The number of aliphatic carboxylic acids is 1. The smallest absolute Gasteiger partial charge is 0.313 e. The largest absolute Gasteiger partial charge is 0.497 e. The van der Waals surface area contributed by atoms with Crippen LogP contribution in [-0.4, -0.2) is 28.9 Å². The Morgan fingerprint density at radius 1 is 1.14 bits per heavy atom. The van der Waals surface area contributed by atoms with Gasteiger partial charge in [-0.2, -0.15) is 0 Å². The maximum absolute atomic E-state index is 11.1. The minimum atomic E-state index is -0.845. The molecule has 6 heteroatoms. The molecule has 0 fully saturated rings. The van der Waals surface area contributed by atoms with Crippen molar-refractivity contribution in [2.45, 2.75) is 0 Å². The summed E-state index contributed by atoms with van der Waals surface area (Å²) >= 11 is 2.87. The molecule has 0 atom stereocenters. The van der Waals surface area contributed by atoms with Crippen LogP contribution in [0.5, 0.6) is 5.75 Å². The fourth-order valence-electron chi connectivity index (χ4n) is 2.89. The van der Waals surface area contributed by atoms with Crippen LogP contribution in [0.1, 0.15) is 10.6 Å². The Labute approximate surface area is 170 Å². The molecule has 3 aromatic carbocycles. The van der Waals surface area contributed by atoms with Crippen molar-refractivity contribution in [3.63, 3.8) is 0 Å². The first-order valence-corrected chi connectivity index (χ1v) is 10.4. The second-order valence-corrected chi connectivity index (χ2v) is 8.20. The first-order valence-electron chi connectivity index (χ1n) is 8.62. The number of rotatable bonds is 6. The number of thiazole rings is 1. The van der Waals surface area contributed by atoms with Crippen molar-refractivity contribution in [3.8, 4) is 5.75 Å².